The number of likely N-dealkylation sites (N-methyl/N-ethyl adjacent to an activating group) is 1. The van der Waals surface area contributed by atoms with Gasteiger partial charge >= 0.3 is 0 Å². The molecular formula is C10H16N2. The lowest BCUT2D eigenvalue weighted by atomic mass is 9.95. The molecule has 2 nitrogen and oxygen atoms in total. The maximum atomic E-state index is 4.22. The Morgan fingerprint density at radius 1 is 1.33 bits per heavy atom. The van der Waals surface area contributed by atoms with Crippen LogP contribution in [0.5, 0.6) is 0 Å². The van der Waals surface area contributed by atoms with E-state index in [2.05, 4.69) is 36.3 Å². The number of hydrogen-bond acceptors (Lipinski definition) is 2. The van der Waals surface area contributed by atoms with Gasteiger partial charge in [-0.2, -0.15) is 0 Å². The molecule has 0 aliphatic heterocycles. The molecule has 12 heavy (non-hydrogen) atoms. The third-order valence-corrected chi connectivity index (χ3v) is 2.29. The Bertz CT molecular complexity index is 259. The van der Waals surface area contributed by atoms with Crippen LogP contribution in [0.3, 0.4) is 0 Å². The maximum absolute atomic E-state index is 4.22. The molecule has 66 valence electrons. The monoisotopic (exact) mass is 164 g/mol. The third kappa shape index (κ3) is 1.64. The van der Waals surface area contributed by atoms with Crippen molar-refractivity contribution in [3.05, 3.63) is 23.3 Å². The van der Waals surface area contributed by atoms with E-state index in [1.165, 1.54) is 11.1 Å². The lowest BCUT2D eigenvalue weighted by molar-refractivity contribution is 0.813. The van der Waals surface area contributed by atoms with Gasteiger partial charge in [-0.25, -0.2) is 0 Å². The van der Waals surface area contributed by atoms with Crippen molar-refractivity contribution in [3.8, 4) is 0 Å². The molecule has 1 atom stereocenters. The van der Waals surface area contributed by atoms with Crippen LogP contribution in [-0.2, 0) is 0 Å². The maximum Gasteiger partial charge on any atom is 0.0679 e. The molecule has 0 spiro atoms. The second-order valence-corrected chi connectivity index (χ2v) is 3.09. The lowest BCUT2D eigenvalue weighted by Crippen LogP contribution is -2.33. The first-order valence-corrected chi connectivity index (χ1v) is 4.20. The predicted octanol–water partition coefficient (Wildman–Crippen LogP) is 1.55. The topological polar surface area (TPSA) is 24.4 Å². The van der Waals surface area contributed by atoms with Gasteiger partial charge in [0.1, 0.15) is 0 Å². The van der Waals surface area contributed by atoms with Gasteiger partial charge in [-0.1, -0.05) is 11.6 Å². The van der Waals surface area contributed by atoms with Crippen molar-refractivity contribution in [3.63, 3.8) is 0 Å². The first-order valence-electron chi connectivity index (χ1n) is 4.20. The molecule has 0 saturated heterocycles. The van der Waals surface area contributed by atoms with Gasteiger partial charge in [0.25, 0.3) is 0 Å². The van der Waals surface area contributed by atoms with Crippen molar-refractivity contribution in [2.75, 3.05) is 14.1 Å². The average molecular weight is 164 g/mol. The standard InChI is InChI=1S/C10H16N2/c1-7-5-9(11-3)10(12-4)6-8(7)2/h5-6,9,11H,1-4H3/b12-10-. The Hall–Kier alpha value is -0.890. The summed E-state index contributed by atoms with van der Waals surface area (Å²) in [4.78, 5) is 4.22. The van der Waals surface area contributed by atoms with Gasteiger partial charge in [0.2, 0.25) is 0 Å². The summed E-state index contributed by atoms with van der Waals surface area (Å²) in [6.45, 7) is 4.24. The summed E-state index contributed by atoms with van der Waals surface area (Å²) in [7, 11) is 3.78. The molecule has 0 aromatic heterocycles. The van der Waals surface area contributed by atoms with Crippen LogP contribution in [0.1, 0.15) is 13.8 Å². The minimum Gasteiger partial charge on any atom is -0.309 e. The molecule has 0 fully saturated rings. The molecule has 0 bridgehead atoms. The summed E-state index contributed by atoms with van der Waals surface area (Å²) in [6.07, 6.45) is 4.34. The van der Waals surface area contributed by atoms with Crippen LogP contribution >= 0.6 is 0 Å². The molecule has 0 radical (unpaired) electrons. The van der Waals surface area contributed by atoms with E-state index < -0.39 is 0 Å². The van der Waals surface area contributed by atoms with Crippen molar-refractivity contribution in [2.45, 2.75) is 19.9 Å². The first kappa shape index (κ1) is 9.20. The zero-order valence-electron chi connectivity index (χ0n) is 8.18. The number of nitrogens with zero attached hydrogens (tertiary/aromatic N) is 1. The van der Waals surface area contributed by atoms with E-state index in [0.29, 0.717) is 6.04 Å². The van der Waals surface area contributed by atoms with Crippen molar-refractivity contribution < 1.29 is 0 Å². The van der Waals surface area contributed by atoms with Gasteiger partial charge in [0.05, 0.1) is 11.8 Å². The minimum atomic E-state index is 0.290. The van der Waals surface area contributed by atoms with Crippen LogP contribution < -0.4 is 5.32 Å². The van der Waals surface area contributed by atoms with E-state index in [9.17, 15) is 0 Å². The molecule has 0 aromatic rings. The van der Waals surface area contributed by atoms with E-state index >= 15 is 0 Å². The van der Waals surface area contributed by atoms with Crippen molar-refractivity contribution >= 4 is 5.71 Å². The van der Waals surface area contributed by atoms with Crippen LogP contribution in [0, 0.1) is 0 Å². The highest BCUT2D eigenvalue weighted by Gasteiger charge is 2.13. The molecule has 1 rings (SSSR count). The van der Waals surface area contributed by atoms with Crippen molar-refractivity contribution in [1.82, 2.24) is 5.32 Å². The van der Waals surface area contributed by atoms with Crippen molar-refractivity contribution in [2.24, 2.45) is 4.99 Å². The van der Waals surface area contributed by atoms with Gasteiger partial charge in [-0.3, -0.25) is 4.99 Å². The highest BCUT2D eigenvalue weighted by atomic mass is 14.9. The molecule has 0 aromatic carbocycles. The molecule has 0 saturated carbocycles. The van der Waals surface area contributed by atoms with E-state index in [1.807, 2.05) is 14.1 Å². The molecule has 1 N–H and O–H groups in total. The summed E-state index contributed by atoms with van der Waals surface area (Å²) in [5, 5.41) is 3.20. The van der Waals surface area contributed by atoms with Crippen LogP contribution in [0.4, 0.5) is 0 Å². The summed E-state index contributed by atoms with van der Waals surface area (Å²) in [6, 6.07) is 0.290. The Morgan fingerprint density at radius 2 is 2.00 bits per heavy atom. The van der Waals surface area contributed by atoms with Crippen LogP contribution in [0.2, 0.25) is 0 Å². The quantitative estimate of drug-likeness (QED) is 0.624. The van der Waals surface area contributed by atoms with Gasteiger partial charge in [0.15, 0.2) is 0 Å². The van der Waals surface area contributed by atoms with Crippen LogP contribution in [0.25, 0.3) is 0 Å². The fraction of sp³-hybridized carbons (Fsp3) is 0.500. The molecule has 0 heterocycles. The zero-order valence-corrected chi connectivity index (χ0v) is 8.18. The number of allylic oxidation sites excluding steroid dienone is 2. The molecular weight excluding hydrogens is 148 g/mol. The van der Waals surface area contributed by atoms with Crippen LogP contribution in [-0.4, -0.2) is 25.8 Å². The summed E-state index contributed by atoms with van der Waals surface area (Å²) in [5.74, 6) is 0. The summed E-state index contributed by atoms with van der Waals surface area (Å²) >= 11 is 0. The van der Waals surface area contributed by atoms with Gasteiger partial charge in [-0.15, -0.1) is 0 Å². The molecule has 1 aliphatic carbocycles. The predicted molar refractivity (Wildman–Crippen MR) is 53.7 cm³/mol. The highest BCUT2D eigenvalue weighted by Crippen LogP contribution is 2.15. The molecule has 1 aliphatic rings. The first-order chi connectivity index (χ1) is 5.69. The normalized spacial score (nSPS) is 27.0. The Kier molecular flexibility index (Phi) is 2.82. The second kappa shape index (κ2) is 3.68. The molecule has 1 unspecified atom stereocenters. The largest absolute Gasteiger partial charge is 0.309 e. The van der Waals surface area contributed by atoms with Crippen LogP contribution in [0.15, 0.2) is 28.3 Å². The lowest BCUT2D eigenvalue weighted by Gasteiger charge is -2.19. The summed E-state index contributed by atoms with van der Waals surface area (Å²) in [5.41, 5.74) is 3.75. The average Bonchev–Trinajstić information content (AvgIpc) is 2.09. The highest BCUT2D eigenvalue weighted by molar-refractivity contribution is 6.02. The van der Waals surface area contributed by atoms with E-state index in [0.717, 1.165) is 5.71 Å². The SMILES string of the molecule is C/N=C1/C=C(C)C(C)=CC1NC. The smallest absolute Gasteiger partial charge is 0.0679 e. The van der Waals surface area contributed by atoms with E-state index in [4.69, 9.17) is 0 Å². The number of aliphatic imine (C=N–C) groups is 1. The van der Waals surface area contributed by atoms with Gasteiger partial charge in [0, 0.05) is 7.05 Å². The van der Waals surface area contributed by atoms with E-state index in [-0.39, 0.29) is 0 Å². The van der Waals surface area contributed by atoms with Crippen molar-refractivity contribution in [1.29, 1.82) is 0 Å². The fourth-order valence-electron chi connectivity index (χ4n) is 1.33. The number of rotatable bonds is 1. The number of hydrogen-bond donors (Lipinski definition) is 1. The fourth-order valence-corrected chi connectivity index (χ4v) is 1.33. The summed E-state index contributed by atoms with van der Waals surface area (Å²) < 4.78 is 0. The number of nitrogens with one attached hydrogen (secondary N) is 1. The van der Waals surface area contributed by atoms with Gasteiger partial charge in [-0.05, 0) is 32.5 Å². The second-order valence-electron chi connectivity index (χ2n) is 3.09. The minimum absolute atomic E-state index is 0.290. The Labute approximate surface area is 74.1 Å². The van der Waals surface area contributed by atoms with Gasteiger partial charge < -0.3 is 5.32 Å². The molecule has 0 amide bonds. The molecule has 2 heteroatoms. The zero-order chi connectivity index (χ0) is 9.14. The Morgan fingerprint density at radius 3 is 2.50 bits per heavy atom. The third-order valence-electron chi connectivity index (χ3n) is 2.29. The Balaban J connectivity index is 2.96. The van der Waals surface area contributed by atoms with E-state index in [1.54, 1.807) is 0 Å².